The predicted octanol–water partition coefficient (Wildman–Crippen LogP) is 3.65. The quantitative estimate of drug-likeness (QED) is 0.585. The SMILES string of the molecule is COc1ccc(-c2cc(C)cc(N(C)CCNC(=O)Nc3cc[nH]n3)c2)cc1. The molecule has 1 aromatic heterocycles. The highest BCUT2D eigenvalue weighted by Gasteiger charge is 2.07. The zero-order valence-electron chi connectivity index (χ0n) is 16.3. The smallest absolute Gasteiger partial charge is 0.320 e. The maximum atomic E-state index is 11.9. The van der Waals surface area contributed by atoms with Crippen LogP contribution in [0.15, 0.2) is 54.7 Å². The monoisotopic (exact) mass is 379 g/mol. The van der Waals surface area contributed by atoms with Crippen molar-refractivity contribution < 1.29 is 9.53 Å². The molecule has 28 heavy (non-hydrogen) atoms. The fourth-order valence-corrected chi connectivity index (χ4v) is 2.89. The minimum atomic E-state index is -0.274. The second kappa shape index (κ2) is 8.94. The molecule has 146 valence electrons. The highest BCUT2D eigenvalue weighted by molar-refractivity contribution is 5.88. The fourth-order valence-electron chi connectivity index (χ4n) is 2.89. The fraction of sp³-hybridized carbons (Fsp3) is 0.238. The number of amides is 2. The Morgan fingerprint density at radius 3 is 2.61 bits per heavy atom. The number of benzene rings is 2. The Morgan fingerprint density at radius 2 is 1.93 bits per heavy atom. The summed E-state index contributed by atoms with van der Waals surface area (Å²) < 4.78 is 5.23. The van der Waals surface area contributed by atoms with Gasteiger partial charge in [0, 0.05) is 38.1 Å². The van der Waals surface area contributed by atoms with Crippen LogP contribution in [0.1, 0.15) is 5.56 Å². The van der Waals surface area contributed by atoms with Gasteiger partial charge in [0.25, 0.3) is 0 Å². The van der Waals surface area contributed by atoms with Gasteiger partial charge >= 0.3 is 6.03 Å². The van der Waals surface area contributed by atoms with Crippen molar-refractivity contribution in [3.05, 3.63) is 60.3 Å². The minimum Gasteiger partial charge on any atom is -0.497 e. The second-order valence-corrected chi connectivity index (χ2v) is 6.55. The van der Waals surface area contributed by atoms with Gasteiger partial charge in [-0.15, -0.1) is 0 Å². The molecule has 0 spiro atoms. The van der Waals surface area contributed by atoms with Crippen LogP contribution in [-0.4, -0.2) is 43.5 Å². The lowest BCUT2D eigenvalue weighted by Crippen LogP contribution is -2.35. The summed E-state index contributed by atoms with van der Waals surface area (Å²) in [6.45, 7) is 3.28. The maximum Gasteiger partial charge on any atom is 0.320 e. The molecular formula is C21H25N5O2. The molecule has 3 rings (SSSR count). The summed E-state index contributed by atoms with van der Waals surface area (Å²) in [7, 11) is 3.68. The van der Waals surface area contributed by atoms with Crippen LogP contribution in [0.3, 0.4) is 0 Å². The number of urea groups is 1. The van der Waals surface area contributed by atoms with Gasteiger partial charge in [0.2, 0.25) is 0 Å². The summed E-state index contributed by atoms with van der Waals surface area (Å²) in [4.78, 5) is 14.0. The molecule has 0 saturated heterocycles. The van der Waals surface area contributed by atoms with Gasteiger partial charge in [-0.05, 0) is 47.9 Å². The van der Waals surface area contributed by atoms with Gasteiger partial charge in [-0.25, -0.2) is 4.79 Å². The number of rotatable bonds is 7. The first-order valence-corrected chi connectivity index (χ1v) is 9.07. The Kier molecular flexibility index (Phi) is 6.16. The van der Waals surface area contributed by atoms with Crippen molar-refractivity contribution in [1.29, 1.82) is 0 Å². The largest absolute Gasteiger partial charge is 0.497 e. The van der Waals surface area contributed by atoms with Gasteiger partial charge in [-0.2, -0.15) is 5.10 Å². The van der Waals surface area contributed by atoms with Crippen LogP contribution in [-0.2, 0) is 0 Å². The number of aromatic amines is 1. The maximum absolute atomic E-state index is 11.9. The molecular weight excluding hydrogens is 354 g/mol. The molecule has 0 atom stereocenters. The first-order valence-electron chi connectivity index (χ1n) is 9.07. The molecule has 3 N–H and O–H groups in total. The summed E-state index contributed by atoms with van der Waals surface area (Å²) >= 11 is 0. The van der Waals surface area contributed by atoms with E-state index >= 15 is 0 Å². The average Bonchev–Trinajstić information content (AvgIpc) is 3.20. The number of nitrogens with one attached hydrogen (secondary N) is 3. The average molecular weight is 379 g/mol. The molecule has 0 aliphatic carbocycles. The van der Waals surface area contributed by atoms with Crippen molar-refractivity contribution in [1.82, 2.24) is 15.5 Å². The van der Waals surface area contributed by atoms with Crippen molar-refractivity contribution >= 4 is 17.5 Å². The number of aryl methyl sites for hydroxylation is 1. The molecule has 0 aliphatic heterocycles. The van der Waals surface area contributed by atoms with Crippen molar-refractivity contribution in [2.75, 3.05) is 37.5 Å². The van der Waals surface area contributed by atoms with Gasteiger partial charge < -0.3 is 15.0 Å². The van der Waals surface area contributed by atoms with Crippen LogP contribution < -0.4 is 20.3 Å². The van der Waals surface area contributed by atoms with Gasteiger partial charge in [-0.1, -0.05) is 18.2 Å². The summed E-state index contributed by atoms with van der Waals surface area (Å²) in [5.74, 6) is 1.33. The number of hydrogen-bond acceptors (Lipinski definition) is 4. The van der Waals surface area contributed by atoms with E-state index in [1.54, 1.807) is 19.4 Å². The van der Waals surface area contributed by atoms with Crippen molar-refractivity contribution in [3.8, 4) is 16.9 Å². The third-order valence-corrected chi connectivity index (χ3v) is 4.40. The van der Waals surface area contributed by atoms with Crippen LogP contribution >= 0.6 is 0 Å². The van der Waals surface area contributed by atoms with Gasteiger partial charge in [0.1, 0.15) is 5.75 Å². The first-order chi connectivity index (χ1) is 13.5. The molecule has 0 saturated carbocycles. The van der Waals surface area contributed by atoms with Gasteiger partial charge in [0.05, 0.1) is 7.11 Å². The number of ether oxygens (including phenoxy) is 1. The topological polar surface area (TPSA) is 82.3 Å². The molecule has 0 fully saturated rings. The molecule has 0 bridgehead atoms. The van der Waals surface area contributed by atoms with E-state index in [0.717, 1.165) is 22.6 Å². The number of methoxy groups -OCH3 is 1. The third kappa shape index (κ3) is 5.03. The zero-order valence-corrected chi connectivity index (χ0v) is 16.3. The van der Waals surface area contributed by atoms with E-state index in [1.807, 2.05) is 19.2 Å². The Balaban J connectivity index is 1.60. The number of anilines is 2. The number of likely N-dealkylation sites (N-methyl/N-ethyl adjacent to an activating group) is 1. The highest BCUT2D eigenvalue weighted by Crippen LogP contribution is 2.27. The lowest BCUT2D eigenvalue weighted by Gasteiger charge is -2.21. The molecule has 0 aliphatic rings. The number of hydrogen-bond donors (Lipinski definition) is 3. The number of carbonyl (C=O) groups is 1. The molecule has 1 heterocycles. The van der Waals surface area contributed by atoms with Crippen LogP contribution in [0.25, 0.3) is 11.1 Å². The Morgan fingerprint density at radius 1 is 1.14 bits per heavy atom. The third-order valence-electron chi connectivity index (χ3n) is 4.40. The molecule has 7 nitrogen and oxygen atoms in total. The highest BCUT2D eigenvalue weighted by atomic mass is 16.5. The second-order valence-electron chi connectivity index (χ2n) is 6.55. The molecule has 7 heteroatoms. The number of carbonyl (C=O) groups excluding carboxylic acids is 1. The van der Waals surface area contributed by atoms with E-state index in [2.05, 4.69) is 63.0 Å². The number of nitrogens with zero attached hydrogens (tertiary/aromatic N) is 2. The predicted molar refractivity (Wildman–Crippen MR) is 112 cm³/mol. The summed E-state index contributed by atoms with van der Waals surface area (Å²) in [5.41, 5.74) is 4.56. The Labute approximate surface area is 164 Å². The van der Waals surface area contributed by atoms with E-state index in [4.69, 9.17) is 4.74 Å². The summed E-state index contributed by atoms with van der Waals surface area (Å²) in [6, 6.07) is 15.9. The standard InChI is InChI=1S/C21H25N5O2/c1-15-12-17(16-4-6-19(28-3)7-5-16)14-18(13-15)26(2)11-10-22-21(27)24-20-8-9-23-25-20/h4-9,12-14H,10-11H2,1-3H3,(H3,22,23,24,25,27). The Hall–Kier alpha value is -3.48. The Bertz CT molecular complexity index is 907. The van der Waals surface area contributed by atoms with E-state index in [0.29, 0.717) is 18.9 Å². The molecule has 0 unspecified atom stereocenters. The van der Waals surface area contributed by atoms with E-state index in [9.17, 15) is 4.79 Å². The van der Waals surface area contributed by atoms with E-state index < -0.39 is 0 Å². The first kappa shape index (κ1) is 19.3. The molecule has 3 aromatic rings. The van der Waals surface area contributed by atoms with Crippen molar-refractivity contribution in [2.24, 2.45) is 0 Å². The van der Waals surface area contributed by atoms with Crippen LogP contribution in [0, 0.1) is 6.92 Å². The lowest BCUT2D eigenvalue weighted by atomic mass is 10.0. The van der Waals surface area contributed by atoms with Gasteiger partial charge in [0.15, 0.2) is 5.82 Å². The van der Waals surface area contributed by atoms with Gasteiger partial charge in [-0.3, -0.25) is 10.4 Å². The normalized spacial score (nSPS) is 10.4. The van der Waals surface area contributed by atoms with Crippen molar-refractivity contribution in [3.63, 3.8) is 0 Å². The van der Waals surface area contributed by atoms with Crippen LogP contribution in [0.2, 0.25) is 0 Å². The van der Waals surface area contributed by atoms with Crippen molar-refractivity contribution in [2.45, 2.75) is 6.92 Å². The van der Waals surface area contributed by atoms with E-state index in [-0.39, 0.29) is 6.03 Å². The molecule has 0 radical (unpaired) electrons. The molecule has 2 amide bonds. The van der Waals surface area contributed by atoms with E-state index in [1.165, 1.54) is 5.56 Å². The van der Waals surface area contributed by atoms with Crippen LogP contribution in [0.4, 0.5) is 16.3 Å². The minimum absolute atomic E-state index is 0.274. The zero-order chi connectivity index (χ0) is 19.9. The lowest BCUT2D eigenvalue weighted by molar-refractivity contribution is 0.252. The number of H-pyrrole nitrogens is 1. The number of aromatic nitrogens is 2. The van der Waals surface area contributed by atoms with Crippen LogP contribution in [0.5, 0.6) is 5.75 Å². The summed E-state index contributed by atoms with van der Waals surface area (Å²) in [6.07, 6.45) is 1.65. The summed E-state index contributed by atoms with van der Waals surface area (Å²) in [5, 5.41) is 12.0. The molecule has 2 aromatic carbocycles.